The van der Waals surface area contributed by atoms with Crippen molar-refractivity contribution in [2.75, 3.05) is 20.8 Å². The number of carboxylic acid groups (broad SMARTS) is 1. The van der Waals surface area contributed by atoms with Gasteiger partial charge in [0.05, 0.1) is 6.61 Å². The molecule has 14 heavy (non-hydrogen) atoms. The van der Waals surface area contributed by atoms with Crippen molar-refractivity contribution in [2.45, 2.75) is 38.8 Å². The Bertz CT molecular complexity index is 192. The number of carbonyl (C=O) groups is 1. The van der Waals surface area contributed by atoms with Crippen molar-refractivity contribution in [3.63, 3.8) is 0 Å². The monoisotopic (exact) mass is 203 g/mol. The van der Waals surface area contributed by atoms with Gasteiger partial charge in [-0.25, -0.2) is 0 Å². The topological polar surface area (TPSA) is 49.8 Å². The predicted molar refractivity (Wildman–Crippen MR) is 55.4 cm³/mol. The molecule has 0 saturated carbocycles. The molecule has 84 valence electrons. The Balaban J connectivity index is 4.55. The van der Waals surface area contributed by atoms with Crippen LogP contribution in [-0.4, -0.2) is 48.3 Å². The fourth-order valence-corrected chi connectivity index (χ4v) is 1.30. The van der Waals surface area contributed by atoms with E-state index in [9.17, 15) is 4.79 Å². The first-order chi connectivity index (χ1) is 6.37. The zero-order valence-electron chi connectivity index (χ0n) is 9.70. The van der Waals surface area contributed by atoms with Crippen LogP contribution in [0.2, 0.25) is 0 Å². The Hall–Kier alpha value is -0.610. The molecule has 0 bridgehead atoms. The Kier molecular flexibility index (Phi) is 5.08. The number of methoxy groups -OCH3 is 1. The van der Waals surface area contributed by atoms with Crippen LogP contribution in [0.4, 0.5) is 0 Å². The van der Waals surface area contributed by atoms with Crippen LogP contribution in [0.1, 0.15) is 27.2 Å². The van der Waals surface area contributed by atoms with Crippen molar-refractivity contribution in [1.82, 2.24) is 4.90 Å². The molecule has 0 amide bonds. The van der Waals surface area contributed by atoms with Crippen LogP contribution in [0.3, 0.4) is 0 Å². The van der Waals surface area contributed by atoms with Crippen LogP contribution >= 0.6 is 0 Å². The Morgan fingerprint density at radius 3 is 2.36 bits per heavy atom. The number of ether oxygens (including phenoxy) is 1. The summed E-state index contributed by atoms with van der Waals surface area (Å²) in [6.07, 6.45) is 0.876. The van der Waals surface area contributed by atoms with E-state index in [1.54, 1.807) is 21.0 Å². The number of likely N-dealkylation sites (N-methyl/N-ethyl adjacent to an activating group) is 1. The van der Waals surface area contributed by atoms with Gasteiger partial charge in [-0.15, -0.1) is 0 Å². The van der Waals surface area contributed by atoms with Gasteiger partial charge in [-0.05, 0) is 27.3 Å². The second kappa shape index (κ2) is 5.32. The lowest BCUT2D eigenvalue weighted by molar-refractivity contribution is -0.150. The molecule has 0 spiro atoms. The molecule has 4 heteroatoms. The number of aliphatic carboxylic acids is 1. The van der Waals surface area contributed by atoms with Crippen LogP contribution < -0.4 is 0 Å². The molecule has 4 nitrogen and oxygen atoms in total. The second-order valence-electron chi connectivity index (χ2n) is 3.99. The maximum absolute atomic E-state index is 11.0. The molecule has 0 aliphatic rings. The molecule has 0 aromatic carbocycles. The zero-order chi connectivity index (χ0) is 11.4. The van der Waals surface area contributed by atoms with E-state index in [1.165, 1.54) is 0 Å². The molecule has 1 unspecified atom stereocenters. The van der Waals surface area contributed by atoms with Crippen molar-refractivity contribution >= 4 is 5.97 Å². The highest BCUT2D eigenvalue weighted by atomic mass is 16.5. The van der Waals surface area contributed by atoms with E-state index in [-0.39, 0.29) is 6.04 Å². The second-order valence-corrected chi connectivity index (χ2v) is 3.99. The molecule has 0 fully saturated rings. The molecule has 0 rings (SSSR count). The summed E-state index contributed by atoms with van der Waals surface area (Å²) >= 11 is 0. The minimum Gasteiger partial charge on any atom is -0.480 e. The Morgan fingerprint density at radius 1 is 1.57 bits per heavy atom. The SMILES string of the molecule is CCC(COC)N(C)C(C)(C)C(=O)O. The maximum atomic E-state index is 11.0. The van der Waals surface area contributed by atoms with E-state index in [4.69, 9.17) is 9.84 Å². The number of nitrogens with zero attached hydrogens (tertiary/aromatic N) is 1. The van der Waals surface area contributed by atoms with Crippen LogP contribution in [0, 0.1) is 0 Å². The minimum atomic E-state index is -0.848. The van der Waals surface area contributed by atoms with Gasteiger partial charge in [0.15, 0.2) is 0 Å². The lowest BCUT2D eigenvalue weighted by Gasteiger charge is -2.37. The molecular formula is C10H21NO3. The summed E-state index contributed by atoms with van der Waals surface area (Å²) in [4.78, 5) is 12.9. The number of hydrogen-bond acceptors (Lipinski definition) is 3. The van der Waals surface area contributed by atoms with Gasteiger partial charge in [-0.2, -0.15) is 0 Å². The van der Waals surface area contributed by atoms with E-state index in [0.717, 1.165) is 6.42 Å². The smallest absolute Gasteiger partial charge is 0.323 e. The summed E-state index contributed by atoms with van der Waals surface area (Å²) < 4.78 is 5.06. The summed E-state index contributed by atoms with van der Waals surface area (Å²) in [5.74, 6) is -0.811. The van der Waals surface area contributed by atoms with E-state index in [2.05, 4.69) is 0 Å². The number of rotatable bonds is 6. The molecule has 0 aliphatic carbocycles. The van der Waals surface area contributed by atoms with Gasteiger partial charge in [0, 0.05) is 13.2 Å². The van der Waals surface area contributed by atoms with Gasteiger partial charge in [0.25, 0.3) is 0 Å². The van der Waals surface area contributed by atoms with E-state index in [0.29, 0.717) is 6.61 Å². The standard InChI is InChI=1S/C10H21NO3/c1-6-8(7-14-5)11(4)10(2,3)9(12)13/h8H,6-7H2,1-5H3,(H,12,13). The molecule has 0 saturated heterocycles. The highest BCUT2D eigenvalue weighted by Gasteiger charge is 2.35. The van der Waals surface area contributed by atoms with Crippen LogP contribution in [0.25, 0.3) is 0 Å². The zero-order valence-corrected chi connectivity index (χ0v) is 9.70. The van der Waals surface area contributed by atoms with Crippen molar-refractivity contribution < 1.29 is 14.6 Å². The number of hydrogen-bond donors (Lipinski definition) is 1. The largest absolute Gasteiger partial charge is 0.480 e. The van der Waals surface area contributed by atoms with Crippen molar-refractivity contribution in [1.29, 1.82) is 0 Å². The third-order valence-corrected chi connectivity index (χ3v) is 2.78. The van der Waals surface area contributed by atoms with Crippen molar-refractivity contribution in [3.05, 3.63) is 0 Å². The van der Waals surface area contributed by atoms with Gasteiger partial charge < -0.3 is 9.84 Å². The summed E-state index contributed by atoms with van der Waals surface area (Å²) in [6.45, 7) is 5.99. The normalized spacial score (nSPS) is 14.4. The Labute approximate surface area is 85.9 Å². The summed E-state index contributed by atoms with van der Waals surface area (Å²) in [5.41, 5.74) is -0.848. The lowest BCUT2D eigenvalue weighted by atomic mass is 10.0. The van der Waals surface area contributed by atoms with Gasteiger partial charge in [-0.1, -0.05) is 6.92 Å². The maximum Gasteiger partial charge on any atom is 0.323 e. The average Bonchev–Trinajstić information content (AvgIpc) is 2.12. The molecule has 1 atom stereocenters. The van der Waals surface area contributed by atoms with E-state index in [1.807, 2.05) is 18.9 Å². The quantitative estimate of drug-likeness (QED) is 0.705. The molecule has 0 heterocycles. The predicted octanol–water partition coefficient (Wildman–Crippen LogP) is 1.21. The minimum absolute atomic E-state index is 0.145. The molecule has 0 radical (unpaired) electrons. The highest BCUT2D eigenvalue weighted by Crippen LogP contribution is 2.17. The molecule has 0 aliphatic heterocycles. The summed E-state index contributed by atoms with van der Waals surface area (Å²) in [7, 11) is 3.45. The van der Waals surface area contributed by atoms with Crippen LogP contribution in [0.5, 0.6) is 0 Å². The van der Waals surface area contributed by atoms with Gasteiger partial charge in [0.1, 0.15) is 5.54 Å². The van der Waals surface area contributed by atoms with Crippen LogP contribution in [0.15, 0.2) is 0 Å². The molecule has 0 aromatic rings. The molecular weight excluding hydrogens is 182 g/mol. The summed E-state index contributed by atoms with van der Waals surface area (Å²) in [5, 5.41) is 9.04. The fraction of sp³-hybridized carbons (Fsp3) is 0.900. The van der Waals surface area contributed by atoms with Gasteiger partial charge >= 0.3 is 5.97 Å². The summed E-state index contributed by atoms with van der Waals surface area (Å²) in [6, 6.07) is 0.145. The van der Waals surface area contributed by atoms with E-state index < -0.39 is 11.5 Å². The first-order valence-electron chi connectivity index (χ1n) is 4.83. The Morgan fingerprint density at radius 2 is 2.07 bits per heavy atom. The lowest BCUT2D eigenvalue weighted by Crippen LogP contribution is -2.53. The fourth-order valence-electron chi connectivity index (χ4n) is 1.30. The number of carboxylic acids is 1. The van der Waals surface area contributed by atoms with Gasteiger partial charge in [-0.3, -0.25) is 9.69 Å². The third kappa shape index (κ3) is 2.96. The highest BCUT2D eigenvalue weighted by molar-refractivity contribution is 5.77. The third-order valence-electron chi connectivity index (χ3n) is 2.78. The molecule has 1 N–H and O–H groups in total. The van der Waals surface area contributed by atoms with Gasteiger partial charge in [0.2, 0.25) is 0 Å². The van der Waals surface area contributed by atoms with Crippen LogP contribution in [-0.2, 0) is 9.53 Å². The first-order valence-corrected chi connectivity index (χ1v) is 4.83. The van der Waals surface area contributed by atoms with Crippen molar-refractivity contribution in [3.8, 4) is 0 Å². The first kappa shape index (κ1) is 13.4. The average molecular weight is 203 g/mol. The van der Waals surface area contributed by atoms with Crippen molar-refractivity contribution in [2.24, 2.45) is 0 Å². The van der Waals surface area contributed by atoms with E-state index >= 15 is 0 Å². The molecule has 0 aromatic heterocycles.